The molecule has 0 spiro atoms. The number of rotatable bonds is 6. The first kappa shape index (κ1) is 19.2. The number of fused-ring (bicyclic) bond motifs is 1. The number of hydrogen-bond donors (Lipinski definition) is 2. The largest absolute Gasteiger partial charge is 0.493 e. The molecule has 1 aromatic carbocycles. The van der Waals surface area contributed by atoms with Crippen LogP contribution in [-0.4, -0.2) is 41.4 Å². The molecule has 0 aliphatic carbocycles. The van der Waals surface area contributed by atoms with Crippen LogP contribution in [0.5, 0.6) is 5.75 Å². The molecule has 0 radical (unpaired) electrons. The highest BCUT2D eigenvalue weighted by atomic mass is 16.5. The number of urea groups is 1. The fourth-order valence-corrected chi connectivity index (χ4v) is 3.51. The van der Waals surface area contributed by atoms with Crippen LogP contribution < -0.4 is 15.4 Å². The van der Waals surface area contributed by atoms with Gasteiger partial charge in [0.05, 0.1) is 12.6 Å². The van der Waals surface area contributed by atoms with Crippen molar-refractivity contribution in [2.45, 2.75) is 51.6 Å². The van der Waals surface area contributed by atoms with E-state index < -0.39 is 11.6 Å². The van der Waals surface area contributed by atoms with Crippen LogP contribution in [0.4, 0.5) is 4.79 Å². The van der Waals surface area contributed by atoms with Gasteiger partial charge in [0.1, 0.15) is 17.8 Å². The van der Waals surface area contributed by atoms with Crippen molar-refractivity contribution < 1.29 is 19.1 Å². The molecule has 2 heterocycles. The summed E-state index contributed by atoms with van der Waals surface area (Å²) in [6.07, 6.45) is 2.02. The third kappa shape index (κ3) is 4.07. The summed E-state index contributed by atoms with van der Waals surface area (Å²) in [4.78, 5) is 38.5. The summed E-state index contributed by atoms with van der Waals surface area (Å²) >= 11 is 0. The number of hydrogen-bond acceptors (Lipinski definition) is 4. The number of nitrogens with zero attached hydrogens (tertiary/aromatic N) is 1. The minimum absolute atomic E-state index is 0.185. The van der Waals surface area contributed by atoms with Crippen molar-refractivity contribution in [3.05, 3.63) is 29.8 Å². The monoisotopic (exact) mass is 373 g/mol. The SMILES string of the molecule is CC(C)CC[C@]1(C)NC(=O)N(CC(=O)N[C@@H]2CCOc3ccccc32)C1=O. The predicted molar refractivity (Wildman–Crippen MR) is 100 cm³/mol. The van der Waals surface area contributed by atoms with Gasteiger partial charge in [-0.2, -0.15) is 0 Å². The zero-order chi connectivity index (χ0) is 19.6. The first-order valence-corrected chi connectivity index (χ1v) is 9.45. The Bertz CT molecular complexity index is 748. The summed E-state index contributed by atoms with van der Waals surface area (Å²) < 4.78 is 5.60. The minimum Gasteiger partial charge on any atom is -0.493 e. The molecule has 1 fully saturated rings. The zero-order valence-corrected chi connectivity index (χ0v) is 16.1. The highest BCUT2D eigenvalue weighted by Crippen LogP contribution is 2.31. The number of carbonyl (C=O) groups excluding carboxylic acids is 3. The summed E-state index contributed by atoms with van der Waals surface area (Å²) in [7, 11) is 0. The molecule has 0 unspecified atom stereocenters. The van der Waals surface area contributed by atoms with Gasteiger partial charge >= 0.3 is 6.03 Å². The first-order chi connectivity index (χ1) is 12.8. The van der Waals surface area contributed by atoms with Crippen molar-refractivity contribution in [2.75, 3.05) is 13.2 Å². The highest BCUT2D eigenvalue weighted by molar-refractivity contribution is 6.08. The molecule has 27 heavy (non-hydrogen) atoms. The van der Waals surface area contributed by atoms with Crippen LogP contribution >= 0.6 is 0 Å². The summed E-state index contributed by atoms with van der Waals surface area (Å²) in [5, 5.41) is 5.68. The van der Waals surface area contributed by atoms with E-state index in [-0.39, 0.29) is 24.4 Å². The summed E-state index contributed by atoms with van der Waals surface area (Å²) in [5.41, 5.74) is -0.0246. The second-order valence-corrected chi connectivity index (χ2v) is 7.88. The van der Waals surface area contributed by atoms with E-state index in [0.717, 1.165) is 22.6 Å². The van der Waals surface area contributed by atoms with E-state index in [1.165, 1.54) is 0 Å². The molecule has 1 aromatic rings. The van der Waals surface area contributed by atoms with Gasteiger partial charge in [-0.05, 0) is 31.7 Å². The number of ether oxygens (including phenoxy) is 1. The number of amides is 4. The number of carbonyl (C=O) groups is 3. The molecule has 4 amide bonds. The maximum Gasteiger partial charge on any atom is 0.325 e. The van der Waals surface area contributed by atoms with Gasteiger partial charge in [0.15, 0.2) is 0 Å². The van der Waals surface area contributed by atoms with Crippen LogP contribution in [0.15, 0.2) is 24.3 Å². The number of imide groups is 1. The Morgan fingerprint density at radius 2 is 2.11 bits per heavy atom. The third-order valence-corrected chi connectivity index (χ3v) is 5.16. The van der Waals surface area contributed by atoms with Crippen LogP contribution in [0, 0.1) is 5.92 Å². The third-order valence-electron chi connectivity index (χ3n) is 5.16. The van der Waals surface area contributed by atoms with Crippen LogP contribution in [0.25, 0.3) is 0 Å². The van der Waals surface area contributed by atoms with Gasteiger partial charge in [-0.1, -0.05) is 32.0 Å². The van der Waals surface area contributed by atoms with Crippen molar-refractivity contribution in [1.29, 1.82) is 0 Å². The fraction of sp³-hybridized carbons (Fsp3) is 0.550. The molecule has 7 nitrogen and oxygen atoms in total. The van der Waals surface area contributed by atoms with Crippen LogP contribution in [0.3, 0.4) is 0 Å². The summed E-state index contributed by atoms with van der Waals surface area (Å²) in [6.45, 7) is 6.10. The van der Waals surface area contributed by atoms with Crippen LogP contribution in [0.1, 0.15) is 51.6 Å². The molecule has 3 rings (SSSR count). The summed E-state index contributed by atoms with van der Waals surface area (Å²) in [6, 6.07) is 6.87. The molecular formula is C20H27N3O4. The van der Waals surface area contributed by atoms with Gasteiger partial charge in [-0.25, -0.2) is 4.79 Å². The predicted octanol–water partition coefficient (Wildman–Crippen LogP) is 2.37. The van der Waals surface area contributed by atoms with E-state index in [1.807, 2.05) is 24.3 Å². The van der Waals surface area contributed by atoms with Gasteiger partial charge in [0.2, 0.25) is 5.91 Å². The van der Waals surface area contributed by atoms with Gasteiger partial charge in [0, 0.05) is 12.0 Å². The molecule has 2 aliphatic heterocycles. The van der Waals surface area contributed by atoms with Gasteiger partial charge < -0.3 is 15.4 Å². The topological polar surface area (TPSA) is 87.7 Å². The van der Waals surface area contributed by atoms with Crippen molar-refractivity contribution >= 4 is 17.8 Å². The average Bonchev–Trinajstić information content (AvgIpc) is 2.84. The zero-order valence-electron chi connectivity index (χ0n) is 16.1. The van der Waals surface area contributed by atoms with Crippen molar-refractivity contribution in [2.24, 2.45) is 5.92 Å². The average molecular weight is 373 g/mol. The number of para-hydroxylation sites is 1. The lowest BCUT2D eigenvalue weighted by Crippen LogP contribution is -2.45. The van der Waals surface area contributed by atoms with E-state index in [9.17, 15) is 14.4 Å². The van der Waals surface area contributed by atoms with Gasteiger partial charge in [-0.3, -0.25) is 14.5 Å². The maximum absolute atomic E-state index is 12.7. The first-order valence-electron chi connectivity index (χ1n) is 9.45. The molecule has 2 atom stereocenters. The lowest BCUT2D eigenvalue weighted by atomic mass is 9.92. The standard InChI is InChI=1S/C20H27N3O4/c1-13(2)8-10-20(3)18(25)23(19(26)22-20)12-17(24)21-15-9-11-27-16-7-5-4-6-14(15)16/h4-7,13,15H,8-12H2,1-3H3,(H,21,24)(H,22,26)/t15-,20+/m1/s1. The Kier molecular flexibility index (Phi) is 5.39. The van der Waals surface area contributed by atoms with E-state index in [4.69, 9.17) is 4.74 Å². The molecule has 2 N–H and O–H groups in total. The Balaban J connectivity index is 1.63. The quantitative estimate of drug-likeness (QED) is 0.750. The van der Waals surface area contributed by atoms with Crippen LogP contribution in [0.2, 0.25) is 0 Å². The Morgan fingerprint density at radius 1 is 1.37 bits per heavy atom. The number of nitrogens with one attached hydrogen (secondary N) is 2. The molecule has 146 valence electrons. The van der Waals surface area contributed by atoms with Gasteiger partial charge in [-0.15, -0.1) is 0 Å². The summed E-state index contributed by atoms with van der Waals surface area (Å²) in [5.74, 6) is 0.492. The highest BCUT2D eigenvalue weighted by Gasteiger charge is 2.48. The smallest absolute Gasteiger partial charge is 0.325 e. The Hall–Kier alpha value is -2.57. The molecule has 2 aliphatic rings. The molecule has 7 heteroatoms. The molecule has 0 saturated carbocycles. The minimum atomic E-state index is -0.938. The lowest BCUT2D eigenvalue weighted by molar-refractivity contribution is -0.135. The Morgan fingerprint density at radius 3 is 2.85 bits per heavy atom. The van der Waals surface area contributed by atoms with Crippen LogP contribution in [-0.2, 0) is 9.59 Å². The fourth-order valence-electron chi connectivity index (χ4n) is 3.51. The lowest BCUT2D eigenvalue weighted by Gasteiger charge is -2.27. The maximum atomic E-state index is 12.7. The number of benzene rings is 1. The molecule has 0 bridgehead atoms. The van der Waals surface area contributed by atoms with Crippen molar-refractivity contribution in [1.82, 2.24) is 15.5 Å². The Labute approximate surface area is 159 Å². The van der Waals surface area contributed by atoms with E-state index in [1.54, 1.807) is 6.92 Å². The van der Waals surface area contributed by atoms with E-state index in [0.29, 0.717) is 25.4 Å². The van der Waals surface area contributed by atoms with Crippen molar-refractivity contribution in [3.63, 3.8) is 0 Å². The molecule has 1 saturated heterocycles. The van der Waals surface area contributed by atoms with E-state index >= 15 is 0 Å². The van der Waals surface area contributed by atoms with E-state index in [2.05, 4.69) is 24.5 Å². The molecular weight excluding hydrogens is 346 g/mol. The second kappa shape index (κ2) is 7.58. The van der Waals surface area contributed by atoms with Gasteiger partial charge in [0.25, 0.3) is 5.91 Å². The van der Waals surface area contributed by atoms with Crippen molar-refractivity contribution in [3.8, 4) is 5.75 Å². The normalized spacial score (nSPS) is 24.4. The molecule has 0 aromatic heterocycles. The second-order valence-electron chi connectivity index (χ2n) is 7.88.